The van der Waals surface area contributed by atoms with Crippen molar-refractivity contribution in [1.29, 1.82) is 0 Å². The Morgan fingerprint density at radius 1 is 1.56 bits per heavy atom. The van der Waals surface area contributed by atoms with Gasteiger partial charge in [-0.25, -0.2) is 0 Å². The Bertz CT molecular complexity index is 558. The summed E-state index contributed by atoms with van der Waals surface area (Å²) in [7, 11) is 0. The van der Waals surface area contributed by atoms with Gasteiger partial charge in [0.05, 0.1) is 11.4 Å². The molecule has 2 heterocycles. The largest absolute Gasteiger partial charge is 0.395 e. The molecule has 0 spiro atoms. The molecule has 4 N–H and O–H groups in total. The van der Waals surface area contributed by atoms with Crippen LogP contribution in [0.3, 0.4) is 0 Å². The molecule has 0 aliphatic rings. The average molecular weight is 264 g/mol. The predicted octanol–water partition coefficient (Wildman–Crippen LogP) is 1.85. The van der Waals surface area contributed by atoms with Gasteiger partial charge in [0.15, 0.2) is 5.69 Å². The van der Waals surface area contributed by atoms with E-state index in [4.69, 9.17) is 5.73 Å². The maximum Gasteiger partial charge on any atom is 0.274 e. The van der Waals surface area contributed by atoms with Crippen molar-refractivity contribution in [2.24, 2.45) is 0 Å². The van der Waals surface area contributed by atoms with Gasteiger partial charge < -0.3 is 11.1 Å². The SMILES string of the molecule is CCc1[nH]nc(C(=O)NCc2cscc2C)c1N. The van der Waals surface area contributed by atoms with Crippen molar-refractivity contribution in [3.63, 3.8) is 0 Å². The molecule has 0 saturated carbocycles. The molecular formula is C12H16N4OS. The lowest BCUT2D eigenvalue weighted by molar-refractivity contribution is 0.0947. The Morgan fingerprint density at radius 2 is 2.33 bits per heavy atom. The lowest BCUT2D eigenvalue weighted by Crippen LogP contribution is -2.24. The van der Waals surface area contributed by atoms with Crippen LogP contribution in [0.15, 0.2) is 10.8 Å². The Labute approximate surface area is 109 Å². The number of carbonyl (C=O) groups excluding carboxylic acids is 1. The van der Waals surface area contributed by atoms with Gasteiger partial charge in [0.25, 0.3) is 5.91 Å². The van der Waals surface area contributed by atoms with Crippen molar-refractivity contribution in [3.05, 3.63) is 33.3 Å². The van der Waals surface area contributed by atoms with Gasteiger partial charge in [-0.05, 0) is 35.2 Å². The highest BCUT2D eigenvalue weighted by Gasteiger charge is 2.16. The van der Waals surface area contributed by atoms with Crippen LogP contribution in [0.1, 0.15) is 34.2 Å². The van der Waals surface area contributed by atoms with Gasteiger partial charge in [-0.15, -0.1) is 0 Å². The Balaban J connectivity index is 2.04. The molecule has 0 aromatic carbocycles. The number of nitrogens with two attached hydrogens (primary N) is 1. The molecule has 0 unspecified atom stereocenters. The summed E-state index contributed by atoms with van der Waals surface area (Å²) in [4.78, 5) is 11.9. The van der Waals surface area contributed by atoms with Crippen molar-refractivity contribution >= 4 is 22.9 Å². The first kappa shape index (κ1) is 12.6. The average Bonchev–Trinajstić information content (AvgIpc) is 2.92. The zero-order chi connectivity index (χ0) is 13.1. The van der Waals surface area contributed by atoms with E-state index in [2.05, 4.69) is 20.9 Å². The number of aryl methyl sites for hydroxylation is 2. The zero-order valence-corrected chi connectivity index (χ0v) is 11.2. The molecule has 5 nitrogen and oxygen atoms in total. The third-order valence-corrected chi connectivity index (χ3v) is 3.76. The van der Waals surface area contributed by atoms with E-state index in [9.17, 15) is 4.79 Å². The number of aromatic amines is 1. The Hall–Kier alpha value is -1.82. The first-order valence-corrected chi connectivity index (χ1v) is 6.70. The lowest BCUT2D eigenvalue weighted by atomic mass is 10.2. The van der Waals surface area contributed by atoms with Crippen molar-refractivity contribution < 1.29 is 4.79 Å². The van der Waals surface area contributed by atoms with Crippen LogP contribution in [0.25, 0.3) is 0 Å². The van der Waals surface area contributed by atoms with Gasteiger partial charge >= 0.3 is 0 Å². The standard InChI is InChI=1S/C12H16N4OS/c1-3-9-10(13)11(16-15-9)12(17)14-4-8-6-18-5-7(8)2/h5-6H,3-4,13H2,1-2H3,(H,14,17)(H,15,16). The van der Waals surface area contributed by atoms with E-state index in [1.807, 2.05) is 19.2 Å². The summed E-state index contributed by atoms with van der Waals surface area (Å²) in [5, 5.41) is 13.6. The molecule has 0 aliphatic carbocycles. The predicted molar refractivity (Wildman–Crippen MR) is 72.6 cm³/mol. The second-order valence-corrected chi connectivity index (χ2v) is 4.82. The monoisotopic (exact) mass is 264 g/mol. The molecule has 2 aromatic rings. The number of H-pyrrole nitrogens is 1. The van der Waals surface area contributed by atoms with Gasteiger partial charge in [0.1, 0.15) is 0 Å². The fourth-order valence-corrected chi connectivity index (χ4v) is 2.51. The summed E-state index contributed by atoms with van der Waals surface area (Å²) in [6.45, 7) is 4.48. The summed E-state index contributed by atoms with van der Waals surface area (Å²) in [6, 6.07) is 0. The van der Waals surface area contributed by atoms with Crippen molar-refractivity contribution in [2.75, 3.05) is 5.73 Å². The molecule has 6 heteroatoms. The molecule has 2 aromatic heterocycles. The second kappa shape index (κ2) is 5.22. The number of thiophene rings is 1. The lowest BCUT2D eigenvalue weighted by Gasteiger charge is -2.03. The third kappa shape index (κ3) is 2.38. The molecular weight excluding hydrogens is 248 g/mol. The molecule has 2 rings (SSSR count). The number of nitrogens with zero attached hydrogens (tertiary/aromatic N) is 1. The van der Waals surface area contributed by atoms with Gasteiger partial charge in [-0.1, -0.05) is 6.92 Å². The molecule has 0 fully saturated rings. The molecule has 0 radical (unpaired) electrons. The van der Waals surface area contributed by atoms with Crippen LogP contribution in [0.4, 0.5) is 5.69 Å². The Kier molecular flexibility index (Phi) is 3.66. The number of hydrogen-bond acceptors (Lipinski definition) is 4. The number of aromatic nitrogens is 2. The van der Waals surface area contributed by atoms with E-state index in [-0.39, 0.29) is 11.6 Å². The summed E-state index contributed by atoms with van der Waals surface area (Å²) in [5.41, 5.74) is 9.67. The highest BCUT2D eigenvalue weighted by molar-refractivity contribution is 7.08. The van der Waals surface area contributed by atoms with Crippen LogP contribution < -0.4 is 11.1 Å². The molecule has 0 saturated heterocycles. The molecule has 0 bridgehead atoms. The van der Waals surface area contributed by atoms with Crippen LogP contribution in [-0.4, -0.2) is 16.1 Å². The maximum absolute atomic E-state index is 11.9. The van der Waals surface area contributed by atoms with Crippen LogP contribution in [0, 0.1) is 6.92 Å². The minimum atomic E-state index is -0.242. The maximum atomic E-state index is 11.9. The number of anilines is 1. The highest BCUT2D eigenvalue weighted by Crippen LogP contribution is 2.16. The molecule has 0 atom stereocenters. The number of rotatable bonds is 4. The smallest absolute Gasteiger partial charge is 0.274 e. The van der Waals surface area contributed by atoms with E-state index in [1.165, 1.54) is 5.56 Å². The molecule has 18 heavy (non-hydrogen) atoms. The quantitative estimate of drug-likeness (QED) is 0.788. The van der Waals surface area contributed by atoms with Gasteiger partial charge in [0, 0.05) is 6.54 Å². The summed E-state index contributed by atoms with van der Waals surface area (Å²) in [5.74, 6) is -0.242. The van der Waals surface area contributed by atoms with E-state index >= 15 is 0 Å². The van der Waals surface area contributed by atoms with Crippen LogP contribution in [0.5, 0.6) is 0 Å². The Morgan fingerprint density at radius 3 is 2.89 bits per heavy atom. The molecule has 0 aliphatic heterocycles. The zero-order valence-electron chi connectivity index (χ0n) is 10.4. The second-order valence-electron chi connectivity index (χ2n) is 4.08. The highest BCUT2D eigenvalue weighted by atomic mass is 32.1. The fourth-order valence-electron chi connectivity index (χ4n) is 1.66. The molecule has 1 amide bonds. The number of amides is 1. The van der Waals surface area contributed by atoms with Crippen molar-refractivity contribution in [3.8, 4) is 0 Å². The summed E-state index contributed by atoms with van der Waals surface area (Å²) >= 11 is 1.63. The van der Waals surface area contributed by atoms with Crippen molar-refractivity contribution in [1.82, 2.24) is 15.5 Å². The fraction of sp³-hybridized carbons (Fsp3) is 0.333. The minimum absolute atomic E-state index is 0.242. The normalized spacial score (nSPS) is 10.6. The van der Waals surface area contributed by atoms with Crippen LogP contribution in [-0.2, 0) is 13.0 Å². The van der Waals surface area contributed by atoms with Gasteiger partial charge in [-0.2, -0.15) is 16.4 Å². The van der Waals surface area contributed by atoms with Gasteiger partial charge in [-0.3, -0.25) is 9.89 Å². The number of hydrogen-bond donors (Lipinski definition) is 3. The summed E-state index contributed by atoms with van der Waals surface area (Å²) < 4.78 is 0. The first-order valence-electron chi connectivity index (χ1n) is 5.76. The first-order chi connectivity index (χ1) is 8.63. The van der Waals surface area contributed by atoms with Crippen LogP contribution in [0.2, 0.25) is 0 Å². The van der Waals surface area contributed by atoms with Crippen LogP contribution >= 0.6 is 11.3 Å². The summed E-state index contributed by atoms with van der Waals surface area (Å²) in [6.07, 6.45) is 0.732. The van der Waals surface area contributed by atoms with E-state index in [0.29, 0.717) is 12.2 Å². The van der Waals surface area contributed by atoms with E-state index in [1.54, 1.807) is 11.3 Å². The van der Waals surface area contributed by atoms with E-state index < -0.39 is 0 Å². The van der Waals surface area contributed by atoms with E-state index in [0.717, 1.165) is 17.7 Å². The number of nitrogens with one attached hydrogen (secondary N) is 2. The topological polar surface area (TPSA) is 83.8 Å². The molecule has 96 valence electrons. The number of nitrogen functional groups attached to an aromatic ring is 1. The third-order valence-electron chi connectivity index (χ3n) is 2.85. The number of carbonyl (C=O) groups is 1. The van der Waals surface area contributed by atoms with Crippen molar-refractivity contribution in [2.45, 2.75) is 26.8 Å². The minimum Gasteiger partial charge on any atom is -0.395 e. The van der Waals surface area contributed by atoms with Gasteiger partial charge in [0.2, 0.25) is 0 Å².